The van der Waals surface area contributed by atoms with Crippen LogP contribution < -0.4 is 5.32 Å². The van der Waals surface area contributed by atoms with Crippen molar-refractivity contribution in [3.8, 4) is 0 Å². The summed E-state index contributed by atoms with van der Waals surface area (Å²) in [5, 5.41) is 2.72. The molecule has 21 heavy (non-hydrogen) atoms. The van der Waals surface area contributed by atoms with Crippen LogP contribution in [0, 0.1) is 11.7 Å². The number of rotatable bonds is 4. The van der Waals surface area contributed by atoms with Gasteiger partial charge >= 0.3 is 0 Å². The number of nitrogens with one attached hydrogen (secondary N) is 1. The molecular weight excluding hydrogens is 315 g/mol. The van der Waals surface area contributed by atoms with E-state index in [1.807, 2.05) is 11.2 Å². The molecular formula is C14H18ClFN2O2S. The van der Waals surface area contributed by atoms with Gasteiger partial charge in [-0.2, -0.15) is 0 Å². The van der Waals surface area contributed by atoms with Gasteiger partial charge in [0.15, 0.2) is 0 Å². The number of amides is 1. The van der Waals surface area contributed by atoms with Crippen molar-refractivity contribution in [2.45, 2.75) is 19.8 Å². The minimum Gasteiger partial charge on any atom is -0.326 e. The van der Waals surface area contributed by atoms with Gasteiger partial charge in [0, 0.05) is 24.5 Å². The molecule has 1 N–H and O–H groups in total. The molecule has 1 heterocycles. The molecule has 1 aliphatic heterocycles. The van der Waals surface area contributed by atoms with Crippen LogP contribution in [-0.4, -0.2) is 33.3 Å². The highest BCUT2D eigenvalue weighted by molar-refractivity contribution is 7.82. The zero-order valence-corrected chi connectivity index (χ0v) is 13.3. The minimum absolute atomic E-state index is 0.0233. The molecule has 0 bridgehead atoms. The first-order valence-corrected chi connectivity index (χ1v) is 8.56. The Morgan fingerprint density at radius 1 is 1.57 bits per heavy atom. The maximum absolute atomic E-state index is 13.4. The van der Waals surface area contributed by atoms with Gasteiger partial charge < -0.3 is 5.32 Å². The highest BCUT2D eigenvalue weighted by Crippen LogP contribution is 2.22. The third kappa shape index (κ3) is 4.25. The van der Waals surface area contributed by atoms with Crippen LogP contribution >= 0.6 is 11.6 Å². The summed E-state index contributed by atoms with van der Waals surface area (Å²) < 4.78 is 27.0. The molecule has 1 aromatic carbocycles. The Hall–Kier alpha value is -0.980. The van der Waals surface area contributed by atoms with Crippen molar-refractivity contribution in [1.29, 1.82) is 0 Å². The molecule has 4 nitrogen and oxygen atoms in total. The second-order valence-corrected chi connectivity index (χ2v) is 7.10. The molecule has 0 radical (unpaired) electrons. The first-order valence-electron chi connectivity index (χ1n) is 6.90. The third-order valence-corrected chi connectivity index (χ3v) is 5.19. The van der Waals surface area contributed by atoms with Crippen LogP contribution in [0.1, 0.15) is 19.8 Å². The fourth-order valence-corrected chi connectivity index (χ4v) is 3.50. The predicted octanol–water partition coefficient (Wildman–Crippen LogP) is 2.81. The second-order valence-electron chi connectivity index (χ2n) is 4.96. The lowest BCUT2D eigenvalue weighted by Crippen LogP contribution is -2.41. The molecule has 1 aliphatic rings. The molecule has 116 valence electrons. The molecule has 0 aliphatic carbocycles. The molecule has 0 saturated carbocycles. The number of carbonyl (C=O) groups is 1. The summed E-state index contributed by atoms with van der Waals surface area (Å²) in [6.07, 6.45) is 1.58. The molecule has 1 fully saturated rings. The number of halogens is 2. The number of piperidine rings is 1. The maximum Gasteiger partial charge on any atom is 0.228 e. The third-order valence-electron chi connectivity index (χ3n) is 3.48. The lowest BCUT2D eigenvalue weighted by atomic mass is 9.99. The van der Waals surface area contributed by atoms with Gasteiger partial charge in [0.05, 0.1) is 21.9 Å². The van der Waals surface area contributed by atoms with Gasteiger partial charge in [-0.05, 0) is 31.0 Å². The summed E-state index contributed by atoms with van der Waals surface area (Å²) in [4.78, 5) is 12.2. The monoisotopic (exact) mass is 332 g/mol. The van der Waals surface area contributed by atoms with Crippen LogP contribution in [0.5, 0.6) is 0 Å². The van der Waals surface area contributed by atoms with Crippen LogP contribution in [-0.2, 0) is 15.8 Å². The number of benzene rings is 1. The first kappa shape index (κ1) is 16.4. The number of anilines is 1. The number of hydrogen-bond donors (Lipinski definition) is 1. The van der Waals surface area contributed by atoms with Crippen LogP contribution in [0.3, 0.4) is 0 Å². The van der Waals surface area contributed by atoms with E-state index in [4.69, 9.17) is 11.6 Å². The van der Waals surface area contributed by atoms with Gasteiger partial charge in [-0.3, -0.25) is 4.79 Å². The molecule has 2 unspecified atom stereocenters. The Morgan fingerprint density at radius 2 is 2.33 bits per heavy atom. The summed E-state index contributed by atoms with van der Waals surface area (Å²) >= 11 is 5.61. The SMILES string of the molecule is CCS(=O)N1CCCC(C(=O)Nc2ccc(Cl)c(F)c2)C1. The first-order chi connectivity index (χ1) is 10.0. The van der Waals surface area contributed by atoms with E-state index in [9.17, 15) is 13.4 Å². The van der Waals surface area contributed by atoms with E-state index < -0.39 is 16.8 Å². The topological polar surface area (TPSA) is 49.4 Å². The smallest absolute Gasteiger partial charge is 0.228 e. The Balaban J connectivity index is 1.99. The van der Waals surface area contributed by atoms with Crippen molar-refractivity contribution in [3.05, 3.63) is 29.0 Å². The number of hydrogen-bond acceptors (Lipinski definition) is 2. The van der Waals surface area contributed by atoms with E-state index in [-0.39, 0.29) is 16.8 Å². The highest BCUT2D eigenvalue weighted by atomic mass is 35.5. The van der Waals surface area contributed by atoms with Gasteiger partial charge in [0.25, 0.3) is 0 Å². The van der Waals surface area contributed by atoms with E-state index in [0.717, 1.165) is 19.4 Å². The Kier molecular flexibility index (Phi) is 5.72. The summed E-state index contributed by atoms with van der Waals surface area (Å²) in [5.41, 5.74) is 0.385. The van der Waals surface area contributed by atoms with Crippen molar-refractivity contribution < 1.29 is 13.4 Å². The number of nitrogens with zero attached hydrogens (tertiary/aromatic N) is 1. The minimum atomic E-state index is -1.03. The average molecular weight is 333 g/mol. The molecule has 2 atom stereocenters. The van der Waals surface area contributed by atoms with E-state index in [2.05, 4.69) is 5.32 Å². The van der Waals surface area contributed by atoms with Gasteiger partial charge in [0.2, 0.25) is 5.91 Å². The van der Waals surface area contributed by atoms with Crippen LogP contribution in [0.25, 0.3) is 0 Å². The van der Waals surface area contributed by atoms with Gasteiger partial charge in [-0.15, -0.1) is 0 Å². The van der Waals surface area contributed by atoms with Crippen molar-refractivity contribution in [3.63, 3.8) is 0 Å². The Bertz CT molecular complexity index is 556. The largest absolute Gasteiger partial charge is 0.326 e. The summed E-state index contributed by atoms with van der Waals surface area (Å²) in [7, 11) is -1.03. The molecule has 1 saturated heterocycles. The summed E-state index contributed by atoms with van der Waals surface area (Å²) in [6, 6.07) is 4.17. The van der Waals surface area contributed by atoms with Crippen LogP contribution in [0.15, 0.2) is 18.2 Å². The fourth-order valence-electron chi connectivity index (χ4n) is 2.34. The van der Waals surface area contributed by atoms with Crippen molar-refractivity contribution in [1.82, 2.24) is 4.31 Å². The van der Waals surface area contributed by atoms with E-state index in [1.54, 1.807) is 6.07 Å². The van der Waals surface area contributed by atoms with Gasteiger partial charge in [-0.25, -0.2) is 12.9 Å². The normalized spacial score (nSPS) is 21.0. The van der Waals surface area contributed by atoms with Gasteiger partial charge in [-0.1, -0.05) is 18.5 Å². The van der Waals surface area contributed by atoms with Gasteiger partial charge in [0.1, 0.15) is 5.82 Å². The molecule has 7 heteroatoms. The quantitative estimate of drug-likeness (QED) is 0.921. The molecule has 0 aromatic heterocycles. The second kappa shape index (κ2) is 7.33. The van der Waals surface area contributed by atoms with Crippen LogP contribution in [0.2, 0.25) is 5.02 Å². The lowest BCUT2D eigenvalue weighted by Gasteiger charge is -2.30. The fraction of sp³-hybridized carbons (Fsp3) is 0.500. The zero-order chi connectivity index (χ0) is 15.4. The Morgan fingerprint density at radius 3 is 3.00 bits per heavy atom. The average Bonchev–Trinajstić information content (AvgIpc) is 2.50. The lowest BCUT2D eigenvalue weighted by molar-refractivity contribution is -0.120. The molecule has 0 spiro atoms. The molecule has 1 aromatic rings. The standard InChI is InChI=1S/C14H18ClFN2O2S/c1-2-21(20)18-7-3-4-10(9-18)14(19)17-11-5-6-12(15)13(16)8-11/h5-6,8,10H,2-4,7,9H2,1H3,(H,17,19). The Labute approximate surface area is 131 Å². The van der Waals surface area contributed by atoms with E-state index in [0.29, 0.717) is 18.0 Å². The van der Waals surface area contributed by atoms with E-state index >= 15 is 0 Å². The molecule has 1 amide bonds. The maximum atomic E-state index is 13.4. The van der Waals surface area contributed by atoms with E-state index in [1.165, 1.54) is 12.1 Å². The van der Waals surface area contributed by atoms with Crippen molar-refractivity contribution in [2.75, 3.05) is 24.2 Å². The van der Waals surface area contributed by atoms with Crippen LogP contribution in [0.4, 0.5) is 10.1 Å². The van der Waals surface area contributed by atoms with Crippen molar-refractivity contribution >= 4 is 34.2 Å². The molecule has 2 rings (SSSR count). The highest BCUT2D eigenvalue weighted by Gasteiger charge is 2.28. The predicted molar refractivity (Wildman–Crippen MR) is 83.0 cm³/mol. The summed E-state index contributed by atoms with van der Waals surface area (Å²) in [6.45, 7) is 3.08. The zero-order valence-electron chi connectivity index (χ0n) is 11.8. The van der Waals surface area contributed by atoms with Crippen molar-refractivity contribution in [2.24, 2.45) is 5.92 Å². The number of carbonyl (C=O) groups excluding carboxylic acids is 1. The summed E-state index contributed by atoms with van der Waals surface area (Å²) in [5.74, 6) is -0.411.